The summed E-state index contributed by atoms with van der Waals surface area (Å²) in [7, 11) is 0. The fourth-order valence-electron chi connectivity index (χ4n) is 3.53. The lowest BCUT2D eigenvalue weighted by molar-refractivity contribution is -0.121. The van der Waals surface area contributed by atoms with E-state index in [1.165, 1.54) is 19.3 Å². The molecule has 4 nitrogen and oxygen atoms in total. The van der Waals surface area contributed by atoms with Crippen LogP contribution in [0.5, 0.6) is 0 Å². The molecule has 0 radical (unpaired) electrons. The summed E-state index contributed by atoms with van der Waals surface area (Å²) in [5, 5.41) is 3.57. The minimum absolute atomic E-state index is 0.0730. The lowest BCUT2D eigenvalue weighted by atomic mass is 10.1. The number of piperidine rings is 1. The number of carbonyl (C=O) groups excluding carboxylic acids is 1. The standard InChI is InChI=1S/C15H19Cl2N3O/c1-8(20-7-9-2-3-11(20)4-9)15(21)19-14-12(16)5-10(18)6-13(14)17/h5-6,8-9,11H,2-4,7,18H2,1H3,(H,19,21). The fourth-order valence-corrected chi connectivity index (χ4v) is 4.13. The zero-order chi connectivity index (χ0) is 15.1. The smallest absolute Gasteiger partial charge is 0.241 e. The van der Waals surface area contributed by atoms with Gasteiger partial charge in [-0.25, -0.2) is 0 Å². The van der Waals surface area contributed by atoms with Crippen molar-refractivity contribution in [1.82, 2.24) is 4.90 Å². The molecule has 21 heavy (non-hydrogen) atoms. The molecule has 1 saturated heterocycles. The number of likely N-dealkylation sites (tertiary alicyclic amines) is 1. The van der Waals surface area contributed by atoms with Crippen LogP contribution in [0.4, 0.5) is 11.4 Å². The number of nitrogens with one attached hydrogen (secondary N) is 1. The molecule has 2 bridgehead atoms. The van der Waals surface area contributed by atoms with Gasteiger partial charge in [-0.05, 0) is 44.2 Å². The van der Waals surface area contributed by atoms with Gasteiger partial charge in [-0.2, -0.15) is 0 Å². The summed E-state index contributed by atoms with van der Waals surface area (Å²) in [5.74, 6) is 0.685. The lowest BCUT2D eigenvalue weighted by Crippen LogP contribution is -2.46. The van der Waals surface area contributed by atoms with Gasteiger partial charge in [0, 0.05) is 18.3 Å². The molecule has 3 unspecified atom stereocenters. The van der Waals surface area contributed by atoms with Crippen molar-refractivity contribution in [3.8, 4) is 0 Å². The maximum absolute atomic E-state index is 12.5. The van der Waals surface area contributed by atoms with Gasteiger partial charge in [0.1, 0.15) is 0 Å². The van der Waals surface area contributed by atoms with Crippen molar-refractivity contribution in [1.29, 1.82) is 0 Å². The molecule has 1 amide bonds. The highest BCUT2D eigenvalue weighted by Gasteiger charge is 2.41. The lowest BCUT2D eigenvalue weighted by Gasteiger charge is -2.31. The highest BCUT2D eigenvalue weighted by Crippen LogP contribution is 2.39. The first-order chi connectivity index (χ1) is 9.95. The first-order valence-electron chi connectivity index (χ1n) is 7.27. The van der Waals surface area contributed by atoms with Gasteiger partial charge < -0.3 is 11.1 Å². The van der Waals surface area contributed by atoms with Gasteiger partial charge in [-0.15, -0.1) is 0 Å². The monoisotopic (exact) mass is 327 g/mol. The van der Waals surface area contributed by atoms with Crippen molar-refractivity contribution < 1.29 is 4.79 Å². The number of fused-ring (bicyclic) bond motifs is 2. The Hall–Kier alpha value is -0.970. The molecule has 0 spiro atoms. The number of nitrogens with zero attached hydrogens (tertiary/aromatic N) is 1. The number of benzene rings is 1. The average molecular weight is 328 g/mol. The molecule has 3 atom stereocenters. The van der Waals surface area contributed by atoms with Gasteiger partial charge >= 0.3 is 0 Å². The van der Waals surface area contributed by atoms with Crippen molar-refractivity contribution in [2.24, 2.45) is 5.92 Å². The second-order valence-corrected chi connectivity index (χ2v) is 6.87. The van der Waals surface area contributed by atoms with E-state index in [0.717, 1.165) is 12.5 Å². The summed E-state index contributed by atoms with van der Waals surface area (Å²) in [6, 6.07) is 3.55. The van der Waals surface area contributed by atoms with Crippen molar-refractivity contribution in [2.75, 3.05) is 17.6 Å². The number of hydrogen-bond donors (Lipinski definition) is 2. The van der Waals surface area contributed by atoms with E-state index >= 15 is 0 Å². The van der Waals surface area contributed by atoms with Gasteiger partial charge in [0.15, 0.2) is 0 Å². The number of amides is 1. The normalized spacial score (nSPS) is 26.0. The first kappa shape index (κ1) is 14.9. The molecule has 2 fully saturated rings. The van der Waals surface area contributed by atoms with E-state index in [0.29, 0.717) is 27.5 Å². The highest BCUT2D eigenvalue weighted by atomic mass is 35.5. The van der Waals surface area contributed by atoms with E-state index in [4.69, 9.17) is 28.9 Å². The van der Waals surface area contributed by atoms with Crippen molar-refractivity contribution in [3.63, 3.8) is 0 Å². The number of halogens is 2. The number of carbonyl (C=O) groups is 1. The van der Waals surface area contributed by atoms with E-state index in [-0.39, 0.29) is 11.9 Å². The molecule has 3 rings (SSSR count). The molecule has 6 heteroatoms. The number of hydrogen-bond acceptors (Lipinski definition) is 3. The Labute approximate surface area is 134 Å². The molecule has 114 valence electrons. The Morgan fingerprint density at radius 2 is 2.05 bits per heavy atom. The average Bonchev–Trinajstić information content (AvgIpc) is 3.04. The summed E-state index contributed by atoms with van der Waals surface area (Å²) in [4.78, 5) is 14.8. The third-order valence-electron chi connectivity index (χ3n) is 4.64. The van der Waals surface area contributed by atoms with Crippen LogP contribution in [0.25, 0.3) is 0 Å². The highest BCUT2D eigenvalue weighted by molar-refractivity contribution is 6.40. The predicted octanol–water partition coefficient (Wildman–Crippen LogP) is 3.39. The van der Waals surface area contributed by atoms with Gasteiger partial charge in [-0.1, -0.05) is 23.2 Å². The molecule has 1 aromatic carbocycles. The minimum Gasteiger partial charge on any atom is -0.399 e. The van der Waals surface area contributed by atoms with Crippen LogP contribution in [0.3, 0.4) is 0 Å². The summed E-state index contributed by atoms with van der Waals surface area (Å²) >= 11 is 12.2. The molecular weight excluding hydrogens is 309 g/mol. The molecule has 1 heterocycles. The summed E-state index contributed by atoms with van der Waals surface area (Å²) in [6.07, 6.45) is 3.72. The Bertz CT molecular complexity index is 555. The zero-order valence-electron chi connectivity index (χ0n) is 11.9. The van der Waals surface area contributed by atoms with E-state index in [1.54, 1.807) is 12.1 Å². The number of rotatable bonds is 3. The zero-order valence-corrected chi connectivity index (χ0v) is 13.4. The van der Waals surface area contributed by atoms with Crippen LogP contribution in [0.1, 0.15) is 26.2 Å². The van der Waals surface area contributed by atoms with Crippen LogP contribution >= 0.6 is 23.2 Å². The van der Waals surface area contributed by atoms with E-state index in [9.17, 15) is 4.79 Å². The minimum atomic E-state index is -0.176. The van der Waals surface area contributed by atoms with Crippen LogP contribution < -0.4 is 11.1 Å². The molecule has 0 aromatic heterocycles. The summed E-state index contributed by atoms with van der Waals surface area (Å²) in [6.45, 7) is 2.96. The Balaban J connectivity index is 1.72. The molecule has 1 aliphatic carbocycles. The maximum Gasteiger partial charge on any atom is 0.241 e. The number of nitrogens with two attached hydrogens (primary N) is 1. The van der Waals surface area contributed by atoms with Crippen LogP contribution in [0.15, 0.2) is 12.1 Å². The Morgan fingerprint density at radius 1 is 1.38 bits per heavy atom. The van der Waals surface area contributed by atoms with Crippen molar-refractivity contribution in [3.05, 3.63) is 22.2 Å². The SMILES string of the molecule is CC(C(=O)Nc1c(Cl)cc(N)cc1Cl)N1CC2CCC1C2. The third kappa shape index (κ3) is 2.85. The van der Waals surface area contributed by atoms with E-state index < -0.39 is 0 Å². The second-order valence-electron chi connectivity index (χ2n) is 6.05. The first-order valence-corrected chi connectivity index (χ1v) is 8.02. The van der Waals surface area contributed by atoms with Gasteiger partial charge in [0.05, 0.1) is 21.8 Å². The molecule has 1 aromatic rings. The van der Waals surface area contributed by atoms with Crippen molar-refractivity contribution >= 4 is 40.5 Å². The molecule has 2 aliphatic rings. The quantitative estimate of drug-likeness (QED) is 0.836. The van der Waals surface area contributed by atoms with Gasteiger partial charge in [0.2, 0.25) is 5.91 Å². The second kappa shape index (κ2) is 5.67. The van der Waals surface area contributed by atoms with E-state index in [2.05, 4.69) is 10.2 Å². The van der Waals surface area contributed by atoms with E-state index in [1.807, 2.05) is 6.92 Å². The van der Waals surface area contributed by atoms with Gasteiger partial charge in [0.25, 0.3) is 0 Å². The molecular formula is C15H19Cl2N3O. The Morgan fingerprint density at radius 3 is 2.57 bits per heavy atom. The summed E-state index contributed by atoms with van der Waals surface area (Å²) in [5.41, 5.74) is 6.59. The number of anilines is 2. The van der Waals surface area contributed by atoms with Crippen LogP contribution in [-0.2, 0) is 4.79 Å². The van der Waals surface area contributed by atoms with Crippen LogP contribution in [0.2, 0.25) is 10.0 Å². The van der Waals surface area contributed by atoms with Crippen LogP contribution in [0, 0.1) is 5.92 Å². The third-order valence-corrected chi connectivity index (χ3v) is 5.24. The topological polar surface area (TPSA) is 58.4 Å². The predicted molar refractivity (Wildman–Crippen MR) is 86.8 cm³/mol. The largest absolute Gasteiger partial charge is 0.399 e. The van der Waals surface area contributed by atoms with Gasteiger partial charge in [-0.3, -0.25) is 9.69 Å². The maximum atomic E-state index is 12.5. The summed E-state index contributed by atoms with van der Waals surface area (Å²) < 4.78 is 0. The number of nitrogen functional groups attached to an aromatic ring is 1. The van der Waals surface area contributed by atoms with Crippen LogP contribution in [-0.4, -0.2) is 29.4 Å². The molecule has 1 saturated carbocycles. The fraction of sp³-hybridized carbons (Fsp3) is 0.533. The molecule has 3 N–H and O–H groups in total. The molecule has 1 aliphatic heterocycles. The Kier molecular flexibility index (Phi) is 4.04. The van der Waals surface area contributed by atoms with Crippen molar-refractivity contribution in [2.45, 2.75) is 38.3 Å².